The maximum absolute atomic E-state index is 11.4. The lowest BCUT2D eigenvalue weighted by molar-refractivity contribution is -0.117. The van der Waals surface area contributed by atoms with Crippen LogP contribution in [0.25, 0.3) is 0 Å². The second kappa shape index (κ2) is 9.85. The molecule has 146 valence electrons. The molecular weight excluding hydrogens is 324 g/mol. The second-order valence-electron chi connectivity index (χ2n) is 8.53. The van der Waals surface area contributed by atoms with Crippen molar-refractivity contribution in [3.63, 3.8) is 0 Å². The largest absolute Gasteiger partial charge is 0.389 e. The molecule has 3 fully saturated rings. The van der Waals surface area contributed by atoms with Gasteiger partial charge >= 0.3 is 0 Å². The first kappa shape index (κ1) is 19.8. The third-order valence-electron chi connectivity index (χ3n) is 6.66. The molecule has 2 bridgehead atoms. The van der Waals surface area contributed by atoms with Crippen LogP contribution in [0.15, 0.2) is 24.3 Å². The predicted molar refractivity (Wildman–Crippen MR) is 105 cm³/mol. The van der Waals surface area contributed by atoms with Gasteiger partial charge in [-0.1, -0.05) is 63.3 Å². The Bertz CT molecular complexity index is 504. The number of carbonyl (C=O) groups excluding carboxylic acids is 1. The lowest BCUT2D eigenvalue weighted by Gasteiger charge is -2.26. The van der Waals surface area contributed by atoms with Gasteiger partial charge in [-0.05, 0) is 37.5 Å². The van der Waals surface area contributed by atoms with Crippen LogP contribution in [0.1, 0.15) is 77.6 Å². The van der Waals surface area contributed by atoms with Gasteiger partial charge in [0.1, 0.15) is 5.78 Å². The van der Waals surface area contributed by atoms with Crippen molar-refractivity contribution in [1.29, 1.82) is 0 Å². The van der Waals surface area contributed by atoms with Crippen LogP contribution in [0, 0.1) is 17.8 Å². The zero-order chi connectivity index (χ0) is 18.4. The summed E-state index contributed by atoms with van der Waals surface area (Å²) < 4.78 is 6.15. The molecule has 1 saturated carbocycles. The number of allylic oxidation sites excluding steroid dienone is 2. The Kier molecular flexibility index (Phi) is 7.51. The van der Waals surface area contributed by atoms with Crippen LogP contribution in [0.2, 0.25) is 0 Å². The first-order valence-corrected chi connectivity index (χ1v) is 10.9. The predicted octanol–water partition coefficient (Wildman–Crippen LogP) is 4.98. The number of aliphatic hydroxyl groups excluding tert-OH is 1. The number of fused-ring (bicyclic) bond motifs is 2. The van der Waals surface area contributed by atoms with Gasteiger partial charge in [0, 0.05) is 18.8 Å². The summed E-state index contributed by atoms with van der Waals surface area (Å²) in [6.07, 6.45) is 20.8. The van der Waals surface area contributed by atoms with E-state index in [2.05, 4.69) is 12.2 Å². The topological polar surface area (TPSA) is 46.5 Å². The number of ether oxygens (including phenoxy) is 1. The Balaban J connectivity index is 1.50. The summed E-state index contributed by atoms with van der Waals surface area (Å²) in [5.41, 5.74) is 0. The van der Waals surface area contributed by atoms with Gasteiger partial charge in [0.05, 0.1) is 18.3 Å². The van der Waals surface area contributed by atoms with Crippen LogP contribution < -0.4 is 0 Å². The van der Waals surface area contributed by atoms with E-state index in [1.165, 1.54) is 32.1 Å². The minimum Gasteiger partial charge on any atom is -0.389 e. The molecule has 1 N–H and O–H groups in total. The van der Waals surface area contributed by atoms with Crippen molar-refractivity contribution >= 4 is 5.78 Å². The van der Waals surface area contributed by atoms with Crippen molar-refractivity contribution < 1.29 is 14.6 Å². The average Bonchev–Trinajstić information content (AvgIpc) is 3.25. The number of ketones is 1. The van der Waals surface area contributed by atoms with E-state index in [1.54, 1.807) is 0 Å². The summed E-state index contributed by atoms with van der Waals surface area (Å²) in [7, 11) is 0. The zero-order valence-electron chi connectivity index (χ0n) is 16.3. The van der Waals surface area contributed by atoms with E-state index in [0.717, 1.165) is 25.7 Å². The van der Waals surface area contributed by atoms with Crippen molar-refractivity contribution in [3.05, 3.63) is 24.3 Å². The minimum absolute atomic E-state index is 0.299. The molecule has 3 aliphatic rings. The van der Waals surface area contributed by atoms with E-state index in [1.807, 2.05) is 19.1 Å². The highest BCUT2D eigenvalue weighted by atomic mass is 16.5. The minimum atomic E-state index is -0.310. The number of hydrogen-bond donors (Lipinski definition) is 1. The molecule has 2 heterocycles. The van der Waals surface area contributed by atoms with Gasteiger partial charge in [0.2, 0.25) is 0 Å². The van der Waals surface area contributed by atoms with Gasteiger partial charge in [-0.2, -0.15) is 0 Å². The van der Waals surface area contributed by atoms with E-state index in [4.69, 9.17) is 4.74 Å². The molecule has 0 aromatic rings. The molecule has 0 aromatic heterocycles. The summed E-state index contributed by atoms with van der Waals surface area (Å²) in [5.74, 6) is 1.92. The molecule has 1 unspecified atom stereocenters. The number of aliphatic hydroxyl groups is 1. The third-order valence-corrected chi connectivity index (χ3v) is 6.66. The highest BCUT2D eigenvalue weighted by molar-refractivity contribution is 5.79. The Labute approximate surface area is 158 Å². The highest BCUT2D eigenvalue weighted by Crippen LogP contribution is 2.46. The monoisotopic (exact) mass is 360 g/mol. The van der Waals surface area contributed by atoms with Gasteiger partial charge < -0.3 is 9.84 Å². The molecule has 0 spiro atoms. The summed E-state index contributed by atoms with van der Waals surface area (Å²) in [6.45, 7) is 1.92. The molecule has 3 heteroatoms. The summed E-state index contributed by atoms with van der Waals surface area (Å²) in [5, 5.41) is 10.4. The fraction of sp³-hybridized carbons (Fsp3) is 0.783. The van der Waals surface area contributed by atoms with Crippen LogP contribution >= 0.6 is 0 Å². The second-order valence-corrected chi connectivity index (χ2v) is 8.53. The summed E-state index contributed by atoms with van der Waals surface area (Å²) >= 11 is 0. The van der Waals surface area contributed by atoms with Gasteiger partial charge in [0.15, 0.2) is 0 Å². The van der Waals surface area contributed by atoms with Crippen molar-refractivity contribution in [1.82, 2.24) is 0 Å². The maximum Gasteiger partial charge on any atom is 0.136 e. The first-order chi connectivity index (χ1) is 12.7. The molecule has 2 saturated heterocycles. The quantitative estimate of drug-likeness (QED) is 0.590. The molecule has 0 aromatic carbocycles. The molecule has 0 amide bonds. The van der Waals surface area contributed by atoms with Gasteiger partial charge in [-0.3, -0.25) is 4.79 Å². The van der Waals surface area contributed by atoms with E-state index < -0.39 is 0 Å². The molecule has 2 aliphatic heterocycles. The SMILES string of the molecule is CCC(=O)CC=CC[C@@H]1[C@H](C=CC(O)CC2CCCCC2)[C@@H]2CC[C@H]1O2. The number of hydrogen-bond acceptors (Lipinski definition) is 3. The zero-order valence-corrected chi connectivity index (χ0v) is 16.3. The Hall–Kier alpha value is -0.930. The molecule has 5 atom stereocenters. The van der Waals surface area contributed by atoms with Crippen molar-refractivity contribution in [2.75, 3.05) is 0 Å². The van der Waals surface area contributed by atoms with Crippen LogP contribution in [-0.4, -0.2) is 29.2 Å². The van der Waals surface area contributed by atoms with Crippen molar-refractivity contribution in [2.24, 2.45) is 17.8 Å². The molecular formula is C23H36O3. The number of rotatable bonds is 9. The summed E-state index contributed by atoms with van der Waals surface area (Å²) in [4.78, 5) is 11.4. The van der Waals surface area contributed by atoms with Gasteiger partial charge in [-0.15, -0.1) is 0 Å². The molecule has 0 radical (unpaired) electrons. The number of carbonyl (C=O) groups is 1. The highest BCUT2D eigenvalue weighted by Gasteiger charge is 2.46. The lowest BCUT2D eigenvalue weighted by Crippen LogP contribution is -2.25. The van der Waals surface area contributed by atoms with Gasteiger partial charge in [0.25, 0.3) is 0 Å². The Morgan fingerprint density at radius 1 is 1.12 bits per heavy atom. The fourth-order valence-corrected chi connectivity index (χ4v) is 5.10. The normalized spacial score (nSPS) is 33.5. The fourth-order valence-electron chi connectivity index (χ4n) is 5.10. The standard InChI is InChI=1S/C23H36O3/c1-2-18(24)10-6-7-11-20-21(23-15-14-22(20)26-23)13-12-19(25)16-17-8-4-3-5-9-17/h6-7,12-13,17,19-23,25H,2-5,8-11,14-16H2,1H3/t19?,20-,21+,22-,23+/m1/s1. The van der Waals surface area contributed by atoms with E-state index in [0.29, 0.717) is 48.6 Å². The van der Waals surface area contributed by atoms with Crippen LogP contribution in [0.5, 0.6) is 0 Å². The van der Waals surface area contributed by atoms with E-state index in [9.17, 15) is 9.90 Å². The third kappa shape index (κ3) is 5.29. The van der Waals surface area contributed by atoms with Crippen molar-refractivity contribution in [2.45, 2.75) is 95.9 Å². The smallest absolute Gasteiger partial charge is 0.136 e. The summed E-state index contributed by atoms with van der Waals surface area (Å²) in [6, 6.07) is 0. The van der Waals surface area contributed by atoms with Crippen LogP contribution in [0.3, 0.4) is 0 Å². The molecule has 3 nitrogen and oxygen atoms in total. The Morgan fingerprint density at radius 2 is 1.88 bits per heavy atom. The van der Waals surface area contributed by atoms with Crippen molar-refractivity contribution in [3.8, 4) is 0 Å². The maximum atomic E-state index is 11.4. The van der Waals surface area contributed by atoms with Crippen LogP contribution in [-0.2, 0) is 9.53 Å². The molecule has 26 heavy (non-hydrogen) atoms. The van der Waals surface area contributed by atoms with Gasteiger partial charge in [-0.25, -0.2) is 0 Å². The Morgan fingerprint density at radius 3 is 2.65 bits per heavy atom. The molecule has 3 rings (SSSR count). The number of Topliss-reactive ketones (excluding diaryl/α,β-unsaturated/α-hetero) is 1. The van der Waals surface area contributed by atoms with E-state index >= 15 is 0 Å². The average molecular weight is 361 g/mol. The lowest BCUT2D eigenvalue weighted by atomic mass is 9.77. The van der Waals surface area contributed by atoms with E-state index in [-0.39, 0.29) is 6.10 Å². The molecule has 1 aliphatic carbocycles. The first-order valence-electron chi connectivity index (χ1n) is 10.9. The van der Waals surface area contributed by atoms with Crippen LogP contribution in [0.4, 0.5) is 0 Å².